The minimum absolute atomic E-state index is 0.0675. The smallest absolute Gasteiger partial charge is 0.261 e. The number of hydrogen-bond donors (Lipinski definition) is 1. The zero-order chi connectivity index (χ0) is 20.9. The van der Waals surface area contributed by atoms with Gasteiger partial charge in [0.15, 0.2) is 0 Å². The molecule has 8 heteroatoms. The minimum atomic E-state index is -0.224. The van der Waals surface area contributed by atoms with Crippen molar-refractivity contribution < 1.29 is 14.4 Å². The standard InChI is InChI=1S/C22H26N4O3S/c27-18(23-22-25-24-19(30-22)15-9-3-1-4-10-15)13-5-2-8-14-26-20(28)16-11-6-7-12-17(16)21(26)29/h6-7,11-12,15H,1-5,8-10,13-14H2,(H,23,25,27). The van der Waals surface area contributed by atoms with Gasteiger partial charge in [-0.25, -0.2) is 0 Å². The van der Waals surface area contributed by atoms with Gasteiger partial charge < -0.3 is 5.32 Å². The number of fused-ring (bicyclic) bond motifs is 1. The van der Waals surface area contributed by atoms with Gasteiger partial charge in [-0.1, -0.05) is 49.2 Å². The highest BCUT2D eigenvalue weighted by Gasteiger charge is 2.34. The van der Waals surface area contributed by atoms with Crippen molar-refractivity contribution in [2.75, 3.05) is 11.9 Å². The molecule has 2 heterocycles. The fourth-order valence-corrected chi connectivity index (χ4v) is 5.08. The molecular weight excluding hydrogens is 400 g/mol. The van der Waals surface area contributed by atoms with Gasteiger partial charge in [-0.15, -0.1) is 10.2 Å². The van der Waals surface area contributed by atoms with E-state index in [1.54, 1.807) is 24.3 Å². The number of anilines is 1. The van der Waals surface area contributed by atoms with Gasteiger partial charge in [-0.05, 0) is 37.8 Å². The number of carbonyl (C=O) groups excluding carboxylic acids is 3. The molecule has 0 unspecified atom stereocenters. The predicted octanol–water partition coefficient (Wildman–Crippen LogP) is 4.38. The Hall–Kier alpha value is -2.61. The third-order valence-corrected chi connectivity index (χ3v) is 6.81. The van der Waals surface area contributed by atoms with Crippen LogP contribution in [0.25, 0.3) is 0 Å². The second-order valence-electron chi connectivity index (χ2n) is 7.95. The molecule has 1 aliphatic heterocycles. The first-order valence-corrected chi connectivity index (χ1v) is 11.5. The zero-order valence-electron chi connectivity index (χ0n) is 16.9. The lowest BCUT2D eigenvalue weighted by Crippen LogP contribution is -2.30. The van der Waals surface area contributed by atoms with E-state index in [0.717, 1.165) is 24.3 Å². The van der Waals surface area contributed by atoms with E-state index in [-0.39, 0.29) is 17.7 Å². The molecule has 3 amide bonds. The van der Waals surface area contributed by atoms with Gasteiger partial charge in [0, 0.05) is 18.9 Å². The van der Waals surface area contributed by atoms with Gasteiger partial charge in [0.25, 0.3) is 11.8 Å². The molecule has 1 aromatic heterocycles. The molecule has 0 atom stereocenters. The van der Waals surface area contributed by atoms with Crippen molar-refractivity contribution in [1.29, 1.82) is 0 Å². The summed E-state index contributed by atoms with van der Waals surface area (Å²) in [5, 5.41) is 12.8. The number of nitrogens with one attached hydrogen (secondary N) is 1. The number of aromatic nitrogens is 2. The molecule has 1 aromatic carbocycles. The Bertz CT molecular complexity index is 901. The highest BCUT2D eigenvalue weighted by molar-refractivity contribution is 7.15. The van der Waals surface area contributed by atoms with Crippen LogP contribution in [0.3, 0.4) is 0 Å². The van der Waals surface area contributed by atoms with E-state index in [9.17, 15) is 14.4 Å². The van der Waals surface area contributed by atoms with Crippen LogP contribution >= 0.6 is 11.3 Å². The molecule has 0 bridgehead atoms. The van der Waals surface area contributed by atoms with E-state index in [0.29, 0.717) is 48.0 Å². The molecule has 2 aliphatic rings. The van der Waals surface area contributed by atoms with E-state index in [2.05, 4.69) is 15.5 Å². The van der Waals surface area contributed by atoms with Crippen LogP contribution in [-0.4, -0.2) is 39.4 Å². The summed E-state index contributed by atoms with van der Waals surface area (Å²) in [4.78, 5) is 38.1. The Morgan fingerprint density at radius 3 is 2.40 bits per heavy atom. The average molecular weight is 427 g/mol. The maximum Gasteiger partial charge on any atom is 0.261 e. The second kappa shape index (κ2) is 9.47. The van der Waals surface area contributed by atoms with Crippen LogP contribution < -0.4 is 5.32 Å². The normalized spacial score (nSPS) is 16.7. The number of nitrogens with zero attached hydrogens (tertiary/aromatic N) is 3. The molecule has 0 saturated heterocycles. The number of amides is 3. The summed E-state index contributed by atoms with van der Waals surface area (Å²) in [7, 11) is 0. The number of carbonyl (C=O) groups is 3. The minimum Gasteiger partial charge on any atom is -0.301 e. The topological polar surface area (TPSA) is 92.3 Å². The van der Waals surface area contributed by atoms with Crippen molar-refractivity contribution in [1.82, 2.24) is 15.1 Å². The second-order valence-corrected chi connectivity index (χ2v) is 8.96. The molecule has 1 saturated carbocycles. The number of rotatable bonds is 8. The molecule has 0 spiro atoms. The Morgan fingerprint density at radius 1 is 1.00 bits per heavy atom. The van der Waals surface area contributed by atoms with Crippen molar-refractivity contribution in [2.24, 2.45) is 0 Å². The summed E-state index contributed by atoms with van der Waals surface area (Å²) in [5.41, 5.74) is 0.957. The monoisotopic (exact) mass is 426 g/mol. The van der Waals surface area contributed by atoms with Gasteiger partial charge in [0.2, 0.25) is 11.0 Å². The van der Waals surface area contributed by atoms with Crippen LogP contribution in [-0.2, 0) is 4.79 Å². The molecular formula is C22H26N4O3S. The van der Waals surface area contributed by atoms with Crippen molar-refractivity contribution in [3.63, 3.8) is 0 Å². The maximum absolute atomic E-state index is 12.3. The van der Waals surface area contributed by atoms with Gasteiger partial charge in [0.1, 0.15) is 5.01 Å². The summed E-state index contributed by atoms with van der Waals surface area (Å²) >= 11 is 1.49. The lowest BCUT2D eigenvalue weighted by molar-refractivity contribution is -0.116. The summed E-state index contributed by atoms with van der Waals surface area (Å²) < 4.78 is 0. The third kappa shape index (κ3) is 4.59. The van der Waals surface area contributed by atoms with Gasteiger partial charge in [-0.3, -0.25) is 19.3 Å². The lowest BCUT2D eigenvalue weighted by atomic mass is 9.90. The molecule has 4 rings (SSSR count). The molecule has 1 aliphatic carbocycles. The Labute approximate surface area is 179 Å². The number of imide groups is 1. The highest BCUT2D eigenvalue weighted by atomic mass is 32.1. The van der Waals surface area contributed by atoms with Crippen LogP contribution in [0.5, 0.6) is 0 Å². The SMILES string of the molecule is O=C(CCCCCN1C(=O)c2ccccc2C1=O)Nc1nnc(C2CCCCC2)s1. The van der Waals surface area contributed by atoms with E-state index < -0.39 is 0 Å². The predicted molar refractivity (Wildman–Crippen MR) is 115 cm³/mol. The van der Waals surface area contributed by atoms with Gasteiger partial charge in [-0.2, -0.15) is 0 Å². The molecule has 1 N–H and O–H groups in total. The Balaban J connectivity index is 1.16. The molecule has 1 fully saturated rings. The van der Waals surface area contributed by atoms with Crippen molar-refractivity contribution in [3.05, 3.63) is 40.4 Å². The Morgan fingerprint density at radius 2 is 1.70 bits per heavy atom. The zero-order valence-corrected chi connectivity index (χ0v) is 17.7. The molecule has 30 heavy (non-hydrogen) atoms. The van der Waals surface area contributed by atoms with Crippen molar-refractivity contribution in [3.8, 4) is 0 Å². The highest BCUT2D eigenvalue weighted by Crippen LogP contribution is 2.35. The summed E-state index contributed by atoms with van der Waals surface area (Å²) in [6.07, 6.45) is 8.65. The Kier molecular flexibility index (Phi) is 6.52. The summed E-state index contributed by atoms with van der Waals surface area (Å²) in [6, 6.07) is 6.91. The third-order valence-electron chi connectivity index (χ3n) is 5.81. The number of unbranched alkanes of at least 4 members (excludes halogenated alkanes) is 2. The maximum atomic E-state index is 12.3. The molecule has 158 valence electrons. The van der Waals surface area contributed by atoms with Gasteiger partial charge in [0.05, 0.1) is 11.1 Å². The fraction of sp³-hybridized carbons (Fsp3) is 0.500. The molecule has 7 nitrogen and oxygen atoms in total. The summed E-state index contributed by atoms with van der Waals surface area (Å²) in [6.45, 7) is 0.384. The van der Waals surface area contributed by atoms with Crippen molar-refractivity contribution in [2.45, 2.75) is 63.7 Å². The first-order chi connectivity index (χ1) is 14.6. The lowest BCUT2D eigenvalue weighted by Gasteiger charge is -2.18. The van der Waals surface area contributed by atoms with E-state index in [1.165, 1.54) is 35.5 Å². The van der Waals surface area contributed by atoms with Crippen LogP contribution in [0, 0.1) is 0 Å². The van der Waals surface area contributed by atoms with Gasteiger partial charge >= 0.3 is 0 Å². The first-order valence-electron chi connectivity index (χ1n) is 10.7. The molecule has 0 radical (unpaired) electrons. The van der Waals surface area contributed by atoms with E-state index >= 15 is 0 Å². The first kappa shape index (κ1) is 20.7. The van der Waals surface area contributed by atoms with E-state index in [4.69, 9.17) is 0 Å². The average Bonchev–Trinajstić information content (AvgIpc) is 3.33. The van der Waals surface area contributed by atoms with Crippen LogP contribution in [0.15, 0.2) is 24.3 Å². The van der Waals surface area contributed by atoms with Crippen LogP contribution in [0.2, 0.25) is 0 Å². The summed E-state index contributed by atoms with van der Waals surface area (Å²) in [5.74, 6) is -0.0251. The van der Waals surface area contributed by atoms with Crippen LogP contribution in [0.4, 0.5) is 5.13 Å². The quantitative estimate of drug-likeness (QED) is 0.499. The van der Waals surface area contributed by atoms with Crippen LogP contribution in [0.1, 0.15) is 89.4 Å². The fourth-order valence-electron chi connectivity index (χ4n) is 4.16. The van der Waals surface area contributed by atoms with E-state index in [1.807, 2.05) is 0 Å². The van der Waals surface area contributed by atoms with Crippen molar-refractivity contribution >= 4 is 34.2 Å². The number of benzene rings is 1. The number of hydrogen-bond acceptors (Lipinski definition) is 6. The largest absolute Gasteiger partial charge is 0.301 e. The molecule has 2 aromatic rings.